The van der Waals surface area contributed by atoms with Gasteiger partial charge in [-0.1, -0.05) is 0 Å². The second-order valence-corrected chi connectivity index (χ2v) is 0.598. The summed E-state index contributed by atoms with van der Waals surface area (Å²) in [5.74, 6) is -0.968. The number of carboxylic acid groups (broad SMARTS) is 1. The van der Waals surface area contributed by atoms with Gasteiger partial charge in [0.2, 0.25) is 0 Å². The molecular formula is C2H9Cl4NO2Zr. The standard InChI is InChI=1S/C2H5NO2.4ClH.Zr/c3-1-2(4)5;;;;;/h1,3H2,(H,4,5);4*1H;. The quantitative estimate of drug-likeness (QED) is 0.750. The van der Waals surface area contributed by atoms with Gasteiger partial charge in [0.1, 0.15) is 0 Å². The van der Waals surface area contributed by atoms with Crippen LogP contribution in [0.4, 0.5) is 0 Å². The zero-order chi connectivity index (χ0) is 4.28. The molecule has 0 spiro atoms. The molecule has 0 amide bonds. The minimum atomic E-state index is -0.968. The molecule has 0 rings (SSSR count). The SMILES string of the molecule is Cl.Cl.Cl.Cl.NCC(=O)O.[Zr]. The maximum atomic E-state index is 9.24. The van der Waals surface area contributed by atoms with Gasteiger partial charge in [-0.2, -0.15) is 0 Å². The molecule has 0 aromatic carbocycles. The fraction of sp³-hybridized carbons (Fsp3) is 0.500. The second kappa shape index (κ2) is 31.4. The third-order valence-corrected chi connectivity index (χ3v) is 0.175. The summed E-state index contributed by atoms with van der Waals surface area (Å²) in [5, 5.41) is 7.60. The van der Waals surface area contributed by atoms with Gasteiger partial charge in [-0.15, -0.1) is 49.6 Å². The second-order valence-electron chi connectivity index (χ2n) is 0.598. The summed E-state index contributed by atoms with van der Waals surface area (Å²) < 4.78 is 0. The van der Waals surface area contributed by atoms with E-state index in [1.165, 1.54) is 0 Å². The van der Waals surface area contributed by atoms with Crippen molar-refractivity contribution in [2.45, 2.75) is 0 Å². The Hall–Kier alpha value is 1.47. The molecule has 0 unspecified atom stereocenters. The molecule has 0 aliphatic rings. The summed E-state index contributed by atoms with van der Waals surface area (Å²) >= 11 is 0. The average molecular weight is 312 g/mol. The Morgan fingerprint density at radius 1 is 1.20 bits per heavy atom. The minimum absolute atomic E-state index is 0. The van der Waals surface area contributed by atoms with Crippen LogP contribution in [0.5, 0.6) is 0 Å². The third kappa shape index (κ3) is 56.4. The Bertz CT molecular complexity index is 56.5. The molecule has 8 heteroatoms. The third-order valence-electron chi connectivity index (χ3n) is 0.175. The summed E-state index contributed by atoms with van der Waals surface area (Å²) in [6.07, 6.45) is 0. The van der Waals surface area contributed by atoms with E-state index in [4.69, 9.17) is 5.11 Å². The molecule has 0 aliphatic heterocycles. The van der Waals surface area contributed by atoms with Gasteiger partial charge in [-0.3, -0.25) is 4.79 Å². The topological polar surface area (TPSA) is 63.3 Å². The number of nitrogens with two attached hydrogens (primary N) is 1. The van der Waals surface area contributed by atoms with Crippen molar-refractivity contribution in [3.8, 4) is 0 Å². The Morgan fingerprint density at radius 2 is 1.30 bits per heavy atom. The van der Waals surface area contributed by atoms with E-state index in [9.17, 15) is 4.79 Å². The summed E-state index contributed by atoms with van der Waals surface area (Å²) in [7, 11) is 0. The number of halogens is 4. The van der Waals surface area contributed by atoms with E-state index >= 15 is 0 Å². The smallest absolute Gasteiger partial charge is 0.317 e. The van der Waals surface area contributed by atoms with E-state index in [0.29, 0.717) is 0 Å². The van der Waals surface area contributed by atoms with Crippen LogP contribution in [0, 0.1) is 0 Å². The van der Waals surface area contributed by atoms with Gasteiger partial charge in [0.25, 0.3) is 0 Å². The van der Waals surface area contributed by atoms with E-state index in [0.717, 1.165) is 0 Å². The summed E-state index contributed by atoms with van der Waals surface area (Å²) in [5.41, 5.74) is 4.57. The summed E-state index contributed by atoms with van der Waals surface area (Å²) in [4.78, 5) is 9.24. The van der Waals surface area contributed by atoms with Crippen LogP contribution >= 0.6 is 49.6 Å². The molecule has 0 aromatic rings. The van der Waals surface area contributed by atoms with Gasteiger partial charge in [0.05, 0.1) is 6.54 Å². The van der Waals surface area contributed by atoms with Crippen LogP contribution in [0.3, 0.4) is 0 Å². The van der Waals surface area contributed by atoms with Crippen LogP contribution in [0.15, 0.2) is 0 Å². The van der Waals surface area contributed by atoms with Crippen molar-refractivity contribution in [2.24, 2.45) is 5.73 Å². The Labute approximate surface area is 103 Å². The number of carbonyl (C=O) groups is 1. The van der Waals surface area contributed by atoms with Crippen molar-refractivity contribution in [3.63, 3.8) is 0 Å². The van der Waals surface area contributed by atoms with Crippen LogP contribution < -0.4 is 5.73 Å². The number of hydrogen-bond acceptors (Lipinski definition) is 2. The Kier molecular flexibility index (Phi) is 132. The molecule has 0 saturated carbocycles. The molecule has 66 valence electrons. The molecule has 10 heavy (non-hydrogen) atoms. The van der Waals surface area contributed by atoms with Crippen LogP contribution in [0.1, 0.15) is 0 Å². The molecule has 0 atom stereocenters. The zero-order valence-electron chi connectivity index (χ0n) is 4.77. The molecule has 0 saturated heterocycles. The van der Waals surface area contributed by atoms with Crippen LogP contribution in [-0.4, -0.2) is 17.6 Å². The molecular weight excluding hydrogens is 303 g/mol. The monoisotopic (exact) mass is 309 g/mol. The van der Waals surface area contributed by atoms with Gasteiger partial charge in [0, 0.05) is 26.2 Å². The van der Waals surface area contributed by atoms with Gasteiger partial charge in [-0.25, -0.2) is 0 Å². The van der Waals surface area contributed by atoms with Gasteiger partial charge in [0.15, 0.2) is 0 Å². The maximum absolute atomic E-state index is 9.24. The molecule has 3 N–H and O–H groups in total. The predicted molar refractivity (Wildman–Crippen MR) is 45.7 cm³/mol. The molecule has 0 fully saturated rings. The fourth-order valence-electron chi connectivity index (χ4n) is 0. The van der Waals surface area contributed by atoms with Crippen molar-refractivity contribution in [1.29, 1.82) is 0 Å². The van der Waals surface area contributed by atoms with Crippen molar-refractivity contribution >= 4 is 55.6 Å². The number of carboxylic acids is 1. The average Bonchev–Trinajstić information content (AvgIpc) is 1.38. The Morgan fingerprint density at radius 3 is 1.30 bits per heavy atom. The van der Waals surface area contributed by atoms with Crippen molar-refractivity contribution in [2.75, 3.05) is 6.54 Å². The predicted octanol–water partition coefficient (Wildman–Crippen LogP) is 0.714. The first-order valence-electron chi connectivity index (χ1n) is 1.19. The normalized spacial score (nSPS) is 3.70. The zero-order valence-corrected chi connectivity index (χ0v) is 10.5. The van der Waals surface area contributed by atoms with E-state index in [-0.39, 0.29) is 82.4 Å². The Balaban J connectivity index is -0.00000000800. The van der Waals surface area contributed by atoms with Crippen molar-refractivity contribution in [3.05, 3.63) is 0 Å². The molecule has 0 heterocycles. The summed E-state index contributed by atoms with van der Waals surface area (Å²) in [6.45, 7) is -0.278. The van der Waals surface area contributed by atoms with Gasteiger partial charge >= 0.3 is 5.97 Å². The van der Waals surface area contributed by atoms with Crippen LogP contribution in [0.25, 0.3) is 0 Å². The largest absolute Gasteiger partial charge is 0.480 e. The molecule has 3 nitrogen and oxygen atoms in total. The molecule has 0 aliphatic carbocycles. The molecule has 0 bridgehead atoms. The van der Waals surface area contributed by atoms with Gasteiger partial charge in [-0.05, 0) is 0 Å². The number of hydrogen-bond donors (Lipinski definition) is 2. The van der Waals surface area contributed by atoms with Crippen molar-refractivity contribution in [1.82, 2.24) is 0 Å². The first-order valence-corrected chi connectivity index (χ1v) is 1.19. The van der Waals surface area contributed by atoms with Crippen molar-refractivity contribution < 1.29 is 36.1 Å². The first kappa shape index (κ1) is 42.0. The fourth-order valence-corrected chi connectivity index (χ4v) is 0. The van der Waals surface area contributed by atoms with Crippen LogP contribution in [-0.2, 0) is 31.0 Å². The van der Waals surface area contributed by atoms with Gasteiger partial charge < -0.3 is 10.8 Å². The van der Waals surface area contributed by atoms with E-state index < -0.39 is 5.97 Å². The number of rotatable bonds is 1. The molecule has 0 radical (unpaired) electrons. The first-order chi connectivity index (χ1) is 2.27. The van der Waals surface area contributed by atoms with E-state index in [2.05, 4.69) is 5.73 Å². The van der Waals surface area contributed by atoms with E-state index in [1.807, 2.05) is 0 Å². The van der Waals surface area contributed by atoms with E-state index in [1.54, 1.807) is 0 Å². The molecule has 0 aromatic heterocycles. The van der Waals surface area contributed by atoms with Crippen LogP contribution in [0.2, 0.25) is 0 Å². The minimum Gasteiger partial charge on any atom is -0.480 e. The summed E-state index contributed by atoms with van der Waals surface area (Å²) in [6, 6.07) is 0. The number of aliphatic carboxylic acids is 1. The maximum Gasteiger partial charge on any atom is 0.317 e.